The fourth-order valence-corrected chi connectivity index (χ4v) is 4.54. The van der Waals surface area contributed by atoms with Gasteiger partial charge in [0.05, 0.1) is 5.69 Å². The van der Waals surface area contributed by atoms with E-state index in [1.165, 1.54) is 68.9 Å². The molecule has 3 rings (SSSR count). The number of benzene rings is 1. The van der Waals surface area contributed by atoms with E-state index in [1.807, 2.05) is 11.5 Å². The average Bonchev–Trinajstić information content (AvgIpc) is 2.99. The molecule has 1 aliphatic rings. The molecule has 1 saturated carbocycles. The summed E-state index contributed by atoms with van der Waals surface area (Å²) in [6.45, 7) is 4.29. The van der Waals surface area contributed by atoms with Crippen molar-refractivity contribution in [3.05, 3.63) is 46.0 Å². The molecule has 0 aliphatic heterocycles. The van der Waals surface area contributed by atoms with Gasteiger partial charge in [0.1, 0.15) is 0 Å². The molecule has 0 saturated heterocycles. The van der Waals surface area contributed by atoms with Gasteiger partial charge in [-0.15, -0.1) is 0 Å². The van der Waals surface area contributed by atoms with Crippen LogP contribution in [0.15, 0.2) is 29.1 Å². The second-order valence-corrected chi connectivity index (χ2v) is 8.28. The average molecular weight is 369 g/mol. The molecule has 1 aromatic carbocycles. The van der Waals surface area contributed by atoms with Gasteiger partial charge in [-0.2, -0.15) is 0 Å². The van der Waals surface area contributed by atoms with Crippen LogP contribution in [0.1, 0.15) is 94.9 Å². The Labute approximate surface area is 164 Å². The summed E-state index contributed by atoms with van der Waals surface area (Å²) in [7, 11) is 0. The lowest BCUT2D eigenvalue weighted by Crippen LogP contribution is -2.24. The van der Waals surface area contributed by atoms with Gasteiger partial charge in [0.25, 0.3) is 0 Å². The summed E-state index contributed by atoms with van der Waals surface area (Å²) < 4.78 is 2.04. The highest BCUT2D eigenvalue weighted by Crippen LogP contribution is 2.32. The van der Waals surface area contributed by atoms with E-state index in [0.717, 1.165) is 30.7 Å². The number of nitrogens with zero attached hydrogens (tertiary/aromatic N) is 1. The predicted molar refractivity (Wildman–Crippen MR) is 114 cm³/mol. The van der Waals surface area contributed by atoms with E-state index in [4.69, 9.17) is 0 Å². The van der Waals surface area contributed by atoms with Gasteiger partial charge in [0, 0.05) is 17.3 Å². The molecule has 1 N–H and O–H groups in total. The Morgan fingerprint density at radius 3 is 2.33 bits per heavy atom. The Balaban J connectivity index is 1.67. The Kier molecular flexibility index (Phi) is 7.37. The monoisotopic (exact) mass is 368 g/mol. The van der Waals surface area contributed by atoms with Crippen LogP contribution in [0.4, 0.5) is 0 Å². The fraction of sp³-hybridized carbons (Fsp3) is 0.625. The molecule has 27 heavy (non-hydrogen) atoms. The van der Waals surface area contributed by atoms with Crippen molar-refractivity contribution < 1.29 is 0 Å². The highest BCUT2D eigenvalue weighted by Gasteiger charge is 2.22. The third-order valence-electron chi connectivity index (χ3n) is 6.10. The quantitative estimate of drug-likeness (QED) is 0.500. The van der Waals surface area contributed by atoms with Gasteiger partial charge in [0.2, 0.25) is 0 Å². The van der Waals surface area contributed by atoms with Crippen LogP contribution in [-0.2, 0) is 6.42 Å². The summed E-state index contributed by atoms with van der Waals surface area (Å²) in [5, 5.41) is 0. The SMILES string of the molecule is CCCCCCCCc1ccc(-c2c(C)[nH]c(=O)n2C2CCCCC2)cc1. The molecule has 2 aromatic rings. The predicted octanol–water partition coefficient (Wildman–Crippen LogP) is 6.56. The lowest BCUT2D eigenvalue weighted by atomic mass is 9.94. The van der Waals surface area contributed by atoms with E-state index < -0.39 is 0 Å². The maximum atomic E-state index is 12.6. The van der Waals surface area contributed by atoms with Crippen molar-refractivity contribution in [3.8, 4) is 11.3 Å². The van der Waals surface area contributed by atoms with Crippen LogP contribution < -0.4 is 5.69 Å². The van der Waals surface area contributed by atoms with E-state index in [-0.39, 0.29) is 5.69 Å². The normalized spacial score (nSPS) is 15.3. The summed E-state index contributed by atoms with van der Waals surface area (Å²) in [5.74, 6) is 0. The van der Waals surface area contributed by atoms with Crippen LogP contribution in [-0.4, -0.2) is 9.55 Å². The third-order valence-corrected chi connectivity index (χ3v) is 6.10. The van der Waals surface area contributed by atoms with E-state index >= 15 is 0 Å². The Bertz CT molecular complexity index is 748. The third kappa shape index (κ3) is 5.15. The molecule has 0 spiro atoms. The van der Waals surface area contributed by atoms with Gasteiger partial charge < -0.3 is 4.98 Å². The van der Waals surface area contributed by atoms with E-state index in [1.54, 1.807) is 0 Å². The lowest BCUT2D eigenvalue weighted by molar-refractivity contribution is 0.349. The molecule has 1 aromatic heterocycles. The first-order valence-electron chi connectivity index (χ1n) is 11.1. The zero-order valence-electron chi connectivity index (χ0n) is 17.2. The highest BCUT2D eigenvalue weighted by atomic mass is 16.1. The number of aromatic nitrogens is 2. The Morgan fingerprint density at radius 2 is 1.63 bits per heavy atom. The van der Waals surface area contributed by atoms with Crippen molar-refractivity contribution in [2.45, 2.75) is 96.9 Å². The number of imidazole rings is 1. The van der Waals surface area contributed by atoms with Crippen LogP contribution in [0.5, 0.6) is 0 Å². The molecule has 0 atom stereocenters. The van der Waals surface area contributed by atoms with Gasteiger partial charge in [-0.05, 0) is 38.2 Å². The molecular weight excluding hydrogens is 332 g/mol. The van der Waals surface area contributed by atoms with E-state index in [9.17, 15) is 4.79 Å². The molecule has 1 heterocycles. The molecule has 148 valence electrons. The van der Waals surface area contributed by atoms with Crippen LogP contribution >= 0.6 is 0 Å². The van der Waals surface area contributed by atoms with Crippen molar-refractivity contribution in [2.75, 3.05) is 0 Å². The molecule has 3 nitrogen and oxygen atoms in total. The smallest absolute Gasteiger partial charge is 0.309 e. The van der Waals surface area contributed by atoms with Crippen molar-refractivity contribution in [2.24, 2.45) is 0 Å². The van der Waals surface area contributed by atoms with Gasteiger partial charge in [-0.1, -0.05) is 82.6 Å². The number of nitrogens with one attached hydrogen (secondary N) is 1. The molecular formula is C24H36N2O. The lowest BCUT2D eigenvalue weighted by Gasteiger charge is -2.24. The van der Waals surface area contributed by atoms with Gasteiger partial charge in [0.15, 0.2) is 0 Å². The highest BCUT2D eigenvalue weighted by molar-refractivity contribution is 5.62. The maximum absolute atomic E-state index is 12.6. The van der Waals surface area contributed by atoms with E-state index in [2.05, 4.69) is 36.2 Å². The van der Waals surface area contributed by atoms with Crippen molar-refractivity contribution in [1.82, 2.24) is 9.55 Å². The minimum atomic E-state index is 0.0607. The fourth-order valence-electron chi connectivity index (χ4n) is 4.54. The largest absolute Gasteiger partial charge is 0.326 e. The number of H-pyrrole nitrogens is 1. The van der Waals surface area contributed by atoms with E-state index in [0.29, 0.717) is 6.04 Å². The van der Waals surface area contributed by atoms with Crippen LogP contribution in [0.2, 0.25) is 0 Å². The van der Waals surface area contributed by atoms with Gasteiger partial charge in [-0.3, -0.25) is 4.57 Å². The van der Waals surface area contributed by atoms with Crippen LogP contribution in [0.25, 0.3) is 11.3 Å². The summed E-state index contributed by atoms with van der Waals surface area (Å²) in [4.78, 5) is 15.6. The molecule has 0 radical (unpaired) electrons. The summed E-state index contributed by atoms with van der Waals surface area (Å²) in [5.41, 5.74) is 4.73. The number of rotatable bonds is 9. The topological polar surface area (TPSA) is 37.8 Å². The van der Waals surface area contributed by atoms with Crippen molar-refractivity contribution in [3.63, 3.8) is 0 Å². The Morgan fingerprint density at radius 1 is 0.963 bits per heavy atom. The van der Waals surface area contributed by atoms with Crippen LogP contribution in [0.3, 0.4) is 0 Å². The Hall–Kier alpha value is -1.77. The first kappa shape index (κ1) is 20.0. The summed E-state index contributed by atoms with van der Waals surface area (Å²) >= 11 is 0. The first-order valence-corrected chi connectivity index (χ1v) is 11.1. The van der Waals surface area contributed by atoms with Crippen molar-refractivity contribution in [1.29, 1.82) is 0 Å². The summed E-state index contributed by atoms with van der Waals surface area (Å²) in [6.07, 6.45) is 15.2. The first-order chi connectivity index (χ1) is 13.2. The molecule has 0 amide bonds. The molecule has 0 bridgehead atoms. The number of aromatic amines is 1. The zero-order valence-corrected chi connectivity index (χ0v) is 17.2. The van der Waals surface area contributed by atoms with Crippen molar-refractivity contribution >= 4 is 0 Å². The molecule has 0 unspecified atom stereocenters. The number of unbranched alkanes of at least 4 members (excludes halogenated alkanes) is 5. The minimum absolute atomic E-state index is 0.0607. The second kappa shape index (κ2) is 9.96. The number of aryl methyl sites for hydroxylation is 2. The van der Waals surface area contributed by atoms with Gasteiger partial charge in [-0.25, -0.2) is 4.79 Å². The summed E-state index contributed by atoms with van der Waals surface area (Å²) in [6, 6.07) is 9.28. The molecule has 1 fully saturated rings. The molecule has 1 aliphatic carbocycles. The van der Waals surface area contributed by atoms with Crippen LogP contribution in [0, 0.1) is 6.92 Å². The standard InChI is InChI=1S/C24H36N2O/c1-3-4-5-6-7-9-12-20-15-17-21(18-16-20)23-19(2)25-24(27)26(23)22-13-10-8-11-14-22/h15-18,22H,3-14H2,1-2H3,(H,25,27). The van der Waals surface area contributed by atoms with Gasteiger partial charge >= 0.3 is 5.69 Å². The minimum Gasteiger partial charge on any atom is -0.309 e. The maximum Gasteiger partial charge on any atom is 0.326 e. The number of hydrogen-bond donors (Lipinski definition) is 1. The number of hydrogen-bond acceptors (Lipinski definition) is 1. The molecule has 3 heteroatoms. The zero-order chi connectivity index (χ0) is 19.1. The second-order valence-electron chi connectivity index (χ2n) is 8.28.